The van der Waals surface area contributed by atoms with Crippen molar-refractivity contribution < 1.29 is 37.1 Å². The Morgan fingerprint density at radius 1 is 0.714 bits per heavy atom. The van der Waals surface area contributed by atoms with Crippen LogP contribution in [-0.4, -0.2) is 14.1 Å². The summed E-state index contributed by atoms with van der Waals surface area (Å²) in [4.78, 5) is 0. The van der Waals surface area contributed by atoms with Crippen LogP contribution in [0.3, 0.4) is 0 Å². The normalized spacial score (nSPS) is 1.71. The summed E-state index contributed by atoms with van der Waals surface area (Å²) in [6.45, 7) is 0. The van der Waals surface area contributed by atoms with Gasteiger partial charge in [-0.25, -0.2) is 0 Å². The molecule has 0 saturated heterocycles. The molecule has 0 spiro atoms. The van der Waals surface area contributed by atoms with Crippen LogP contribution in [0.25, 0.3) is 0 Å². The average molecular weight is 180 g/mol. The van der Waals surface area contributed by atoms with E-state index >= 15 is 0 Å². The molecule has 0 rings (SSSR count). The fraction of sp³-hybridized carbons (Fsp3) is 1.00. The molecule has 0 saturated carbocycles. The van der Waals surface area contributed by atoms with Gasteiger partial charge in [-0.1, -0.05) is 7.43 Å². The molecule has 0 aromatic carbocycles. The van der Waals surface area contributed by atoms with Crippen LogP contribution in [0.4, 0.5) is 0 Å². The first-order valence-corrected chi connectivity index (χ1v) is 1.15. The van der Waals surface area contributed by atoms with Crippen LogP contribution in [0.1, 0.15) is 7.43 Å². The molecule has 0 aliphatic carbocycles. The Morgan fingerprint density at radius 2 is 0.714 bits per heavy atom. The Labute approximate surface area is 70.2 Å². The zero-order valence-corrected chi connectivity index (χ0v) is 6.84. The van der Waals surface area contributed by atoms with Crippen LogP contribution < -0.4 is 11.5 Å². The van der Waals surface area contributed by atoms with Gasteiger partial charge in [0.25, 0.3) is 0 Å². The zero-order valence-electron chi connectivity index (χ0n) is 4.05. The molecule has 0 unspecified atom stereocenters. The van der Waals surface area contributed by atoms with Gasteiger partial charge in [0.2, 0.25) is 0 Å². The Bertz CT molecular complexity index is 10.9. The van der Waals surface area contributed by atoms with E-state index in [9.17, 15) is 0 Å². The van der Waals surface area contributed by atoms with Crippen LogP contribution in [0.15, 0.2) is 0 Å². The van der Waals surface area contributed by atoms with Crippen molar-refractivity contribution in [3.63, 3.8) is 0 Å². The first kappa shape index (κ1) is 42.6. The standard InChI is InChI=1S/2CH5N.CH4.2V/c2*1-2;;;/h2*2H2,1H3;1H4;;. The fourth-order valence-corrected chi connectivity index (χ4v) is 0. The van der Waals surface area contributed by atoms with Gasteiger partial charge in [-0.3, -0.25) is 0 Å². The van der Waals surface area contributed by atoms with E-state index in [0.29, 0.717) is 0 Å². The Hall–Kier alpha value is 1.09. The minimum Gasteiger partial charge on any atom is -0.333 e. The number of hydrogen-bond donors (Lipinski definition) is 2. The first-order valence-electron chi connectivity index (χ1n) is 1.15. The van der Waals surface area contributed by atoms with Crippen molar-refractivity contribution in [2.75, 3.05) is 14.1 Å². The molecule has 0 fully saturated rings. The minimum absolute atomic E-state index is 0. The molecule has 46 valence electrons. The third-order valence-corrected chi connectivity index (χ3v) is 0. The van der Waals surface area contributed by atoms with Crippen molar-refractivity contribution in [1.82, 2.24) is 0 Å². The average Bonchev–Trinajstić information content (AvgIpc) is 1.50. The van der Waals surface area contributed by atoms with E-state index in [0.717, 1.165) is 0 Å². The van der Waals surface area contributed by atoms with E-state index in [4.69, 9.17) is 0 Å². The summed E-state index contributed by atoms with van der Waals surface area (Å²) >= 11 is 0. The van der Waals surface area contributed by atoms with Gasteiger partial charge in [0.1, 0.15) is 0 Å². The van der Waals surface area contributed by atoms with Crippen molar-refractivity contribution in [1.29, 1.82) is 0 Å². The van der Waals surface area contributed by atoms with Crippen molar-refractivity contribution in [2.24, 2.45) is 11.5 Å². The second kappa shape index (κ2) is 222. The minimum atomic E-state index is 0. The number of rotatable bonds is 0. The van der Waals surface area contributed by atoms with E-state index in [1.807, 2.05) is 0 Å². The summed E-state index contributed by atoms with van der Waals surface area (Å²) in [6, 6.07) is 0. The van der Waals surface area contributed by atoms with Gasteiger partial charge in [0, 0.05) is 37.1 Å². The van der Waals surface area contributed by atoms with Gasteiger partial charge < -0.3 is 11.5 Å². The Morgan fingerprint density at radius 3 is 0.714 bits per heavy atom. The van der Waals surface area contributed by atoms with Gasteiger partial charge in [-0.2, -0.15) is 0 Å². The first-order chi connectivity index (χ1) is 2.00. The summed E-state index contributed by atoms with van der Waals surface area (Å²) in [7, 11) is 3.00. The van der Waals surface area contributed by atoms with E-state index in [2.05, 4.69) is 11.5 Å². The molecule has 0 atom stereocenters. The topological polar surface area (TPSA) is 52.0 Å². The molecule has 0 bridgehead atoms. The van der Waals surface area contributed by atoms with Crippen LogP contribution in [0.5, 0.6) is 0 Å². The molecule has 2 nitrogen and oxygen atoms in total. The maximum atomic E-state index is 4.50. The quantitative estimate of drug-likeness (QED) is 0.541. The van der Waals surface area contributed by atoms with Crippen molar-refractivity contribution in [2.45, 2.75) is 7.43 Å². The third kappa shape index (κ3) is 155. The molecular formula is C3H14N2V2. The van der Waals surface area contributed by atoms with Gasteiger partial charge in [-0.05, 0) is 14.1 Å². The van der Waals surface area contributed by atoms with Gasteiger partial charge in [0.05, 0.1) is 0 Å². The van der Waals surface area contributed by atoms with Crippen LogP contribution in [-0.2, 0) is 37.1 Å². The summed E-state index contributed by atoms with van der Waals surface area (Å²) in [5, 5.41) is 0. The largest absolute Gasteiger partial charge is 0.333 e. The maximum Gasteiger partial charge on any atom is 0 e. The van der Waals surface area contributed by atoms with Crippen LogP contribution >= 0.6 is 0 Å². The van der Waals surface area contributed by atoms with Crippen molar-refractivity contribution >= 4 is 0 Å². The van der Waals surface area contributed by atoms with E-state index in [-0.39, 0.29) is 44.5 Å². The molecule has 4 N–H and O–H groups in total. The smallest absolute Gasteiger partial charge is 0 e. The molecule has 0 aliphatic rings. The van der Waals surface area contributed by atoms with Crippen LogP contribution in [0, 0.1) is 0 Å². The summed E-state index contributed by atoms with van der Waals surface area (Å²) in [5.41, 5.74) is 9.00. The Kier molecular flexibility index (Phi) is 1350. The predicted molar refractivity (Wildman–Crippen MR) is 27.0 cm³/mol. The summed E-state index contributed by atoms with van der Waals surface area (Å²) in [5.74, 6) is 0. The van der Waals surface area contributed by atoms with Crippen LogP contribution in [0.2, 0.25) is 0 Å². The number of hydrogen-bond acceptors (Lipinski definition) is 2. The van der Waals surface area contributed by atoms with E-state index in [1.54, 1.807) is 0 Å². The van der Waals surface area contributed by atoms with Crippen molar-refractivity contribution in [3.05, 3.63) is 0 Å². The molecule has 2 radical (unpaired) electrons. The SMILES string of the molecule is C.CN.CN.[V].[V]. The predicted octanol–water partition coefficient (Wildman–Crippen LogP) is -0.219. The third-order valence-electron chi connectivity index (χ3n) is 0. The van der Waals surface area contributed by atoms with Gasteiger partial charge in [0.15, 0.2) is 0 Å². The second-order valence-corrected chi connectivity index (χ2v) is 0. The molecule has 0 aliphatic heterocycles. The molecule has 0 aromatic rings. The summed E-state index contributed by atoms with van der Waals surface area (Å²) in [6.07, 6.45) is 0. The second-order valence-electron chi connectivity index (χ2n) is 0. The van der Waals surface area contributed by atoms with Crippen molar-refractivity contribution in [3.8, 4) is 0 Å². The Balaban J connectivity index is -0.00000000267. The number of nitrogens with two attached hydrogens (primary N) is 2. The molecule has 0 amide bonds. The molecular weight excluding hydrogens is 166 g/mol. The molecule has 0 heterocycles. The van der Waals surface area contributed by atoms with Gasteiger partial charge >= 0.3 is 0 Å². The molecule has 0 aromatic heterocycles. The monoisotopic (exact) mass is 180 g/mol. The molecule has 7 heavy (non-hydrogen) atoms. The zero-order chi connectivity index (χ0) is 4.00. The maximum absolute atomic E-state index is 4.50. The molecule has 4 heteroatoms. The van der Waals surface area contributed by atoms with Gasteiger partial charge in [-0.15, -0.1) is 0 Å². The fourth-order valence-electron chi connectivity index (χ4n) is 0. The summed E-state index contributed by atoms with van der Waals surface area (Å²) < 4.78 is 0. The van der Waals surface area contributed by atoms with E-state index < -0.39 is 0 Å². The van der Waals surface area contributed by atoms with E-state index in [1.165, 1.54) is 14.1 Å².